The molecule has 0 N–H and O–H groups in total. The molecule has 2 saturated heterocycles. The van der Waals surface area contributed by atoms with Crippen LogP contribution >= 0.6 is 23.2 Å². The van der Waals surface area contributed by atoms with E-state index >= 15 is 0 Å². The quantitative estimate of drug-likeness (QED) is 0.254. The minimum atomic E-state index is -1.10. The number of rotatable bonds is 5. The second-order valence-corrected chi connectivity index (χ2v) is 9.12. The van der Waals surface area contributed by atoms with Crippen LogP contribution < -0.4 is 9.96 Å². The molecule has 3 atom stereocenters. The van der Waals surface area contributed by atoms with E-state index < -0.39 is 34.8 Å². The smallest absolute Gasteiger partial charge is 0.271 e. The van der Waals surface area contributed by atoms with Crippen LogP contribution in [-0.4, -0.2) is 22.8 Å². The van der Waals surface area contributed by atoms with Gasteiger partial charge in [-0.3, -0.25) is 24.5 Å². The van der Waals surface area contributed by atoms with Crippen LogP contribution in [0.15, 0.2) is 66.7 Å². The number of anilines is 2. The zero-order chi connectivity index (χ0) is 24.9. The lowest BCUT2D eigenvalue weighted by atomic mass is 9.90. The summed E-state index contributed by atoms with van der Waals surface area (Å²) < 4.78 is 0. The molecular weight excluding hydrogens is 493 g/mol. The van der Waals surface area contributed by atoms with Crippen molar-refractivity contribution in [3.05, 3.63) is 98.0 Å². The Balaban J connectivity index is 1.59. The van der Waals surface area contributed by atoms with E-state index in [1.54, 1.807) is 12.1 Å². The number of hydroxylamine groups is 1. The van der Waals surface area contributed by atoms with E-state index in [0.717, 1.165) is 22.4 Å². The second-order valence-electron chi connectivity index (χ2n) is 8.30. The van der Waals surface area contributed by atoms with Crippen LogP contribution in [0.1, 0.15) is 24.1 Å². The number of nitro groups is 1. The predicted octanol–water partition coefficient (Wildman–Crippen LogP) is 5.52. The number of benzene rings is 3. The van der Waals surface area contributed by atoms with Crippen LogP contribution in [0.2, 0.25) is 10.0 Å². The molecule has 2 fully saturated rings. The number of nitro benzene ring substituents is 1. The summed E-state index contributed by atoms with van der Waals surface area (Å²) in [5.74, 6) is -1.86. The van der Waals surface area contributed by atoms with Gasteiger partial charge in [0.2, 0.25) is 5.91 Å². The lowest BCUT2D eigenvalue weighted by Crippen LogP contribution is -2.37. The number of carbonyl (C=O) groups is 2. The van der Waals surface area contributed by atoms with Crippen molar-refractivity contribution in [2.75, 3.05) is 9.96 Å². The van der Waals surface area contributed by atoms with E-state index in [-0.39, 0.29) is 10.7 Å². The minimum absolute atomic E-state index is 0.127. The Morgan fingerprint density at radius 2 is 1.69 bits per heavy atom. The molecule has 2 amide bonds. The Bertz CT molecular complexity index is 1350. The molecule has 0 saturated carbocycles. The van der Waals surface area contributed by atoms with E-state index in [4.69, 9.17) is 28.0 Å². The van der Waals surface area contributed by atoms with Crippen molar-refractivity contribution in [1.82, 2.24) is 0 Å². The number of halogens is 2. The summed E-state index contributed by atoms with van der Waals surface area (Å²) in [5.41, 5.74) is 2.41. The third kappa shape index (κ3) is 3.93. The molecule has 0 spiro atoms. The molecular formula is C25H19Cl2N3O5. The number of non-ortho nitro benzene ring substituents is 1. The van der Waals surface area contributed by atoms with Crippen LogP contribution in [0.4, 0.5) is 17.1 Å². The zero-order valence-corrected chi connectivity index (χ0v) is 19.9. The van der Waals surface area contributed by atoms with E-state index in [9.17, 15) is 19.7 Å². The Morgan fingerprint density at radius 1 is 0.943 bits per heavy atom. The van der Waals surface area contributed by atoms with E-state index in [0.29, 0.717) is 16.4 Å². The van der Waals surface area contributed by atoms with Gasteiger partial charge < -0.3 is 0 Å². The first-order valence-corrected chi connectivity index (χ1v) is 11.7. The fourth-order valence-electron chi connectivity index (χ4n) is 4.55. The molecule has 0 unspecified atom stereocenters. The van der Waals surface area contributed by atoms with Crippen molar-refractivity contribution in [3.8, 4) is 0 Å². The average Bonchev–Trinajstić information content (AvgIpc) is 3.37. The van der Waals surface area contributed by atoms with Gasteiger partial charge in [0.15, 0.2) is 6.10 Å². The van der Waals surface area contributed by atoms with E-state index in [1.807, 2.05) is 31.2 Å². The van der Waals surface area contributed by atoms with E-state index in [1.165, 1.54) is 35.4 Å². The minimum Gasteiger partial charge on any atom is -0.273 e. The van der Waals surface area contributed by atoms with Crippen molar-refractivity contribution >= 4 is 52.1 Å². The highest BCUT2D eigenvalue weighted by atomic mass is 35.5. The first kappa shape index (κ1) is 23.3. The Hall–Kier alpha value is -3.46. The van der Waals surface area contributed by atoms with Gasteiger partial charge in [-0.2, -0.15) is 0 Å². The fourth-order valence-corrected chi connectivity index (χ4v) is 4.84. The summed E-state index contributed by atoms with van der Waals surface area (Å²) in [6.07, 6.45) is -0.267. The van der Waals surface area contributed by atoms with Crippen molar-refractivity contribution in [2.45, 2.75) is 25.5 Å². The molecule has 35 heavy (non-hydrogen) atoms. The first-order valence-electron chi connectivity index (χ1n) is 10.9. The van der Waals surface area contributed by atoms with Gasteiger partial charge in [0, 0.05) is 12.1 Å². The normalized spacial score (nSPS) is 21.5. The van der Waals surface area contributed by atoms with Crippen molar-refractivity contribution in [1.29, 1.82) is 0 Å². The van der Waals surface area contributed by atoms with Gasteiger partial charge in [0.1, 0.15) is 5.92 Å². The number of carbonyl (C=O) groups excluding carboxylic acids is 2. The summed E-state index contributed by atoms with van der Waals surface area (Å²) in [6.45, 7) is 2.04. The molecule has 2 heterocycles. The van der Waals surface area contributed by atoms with Gasteiger partial charge >= 0.3 is 0 Å². The highest BCUT2D eigenvalue weighted by Crippen LogP contribution is 2.48. The van der Waals surface area contributed by atoms with Crippen molar-refractivity contribution in [3.63, 3.8) is 0 Å². The molecule has 3 aromatic rings. The van der Waals surface area contributed by atoms with Gasteiger partial charge in [0.05, 0.1) is 32.4 Å². The molecule has 2 aliphatic heterocycles. The van der Waals surface area contributed by atoms with Crippen molar-refractivity contribution in [2.24, 2.45) is 5.92 Å². The molecule has 0 radical (unpaired) electrons. The summed E-state index contributed by atoms with van der Waals surface area (Å²) >= 11 is 12.1. The van der Waals surface area contributed by atoms with Crippen LogP contribution in [-0.2, 0) is 20.8 Å². The summed E-state index contributed by atoms with van der Waals surface area (Å²) in [5, 5.41) is 13.3. The third-order valence-electron chi connectivity index (χ3n) is 6.30. The molecule has 3 aromatic carbocycles. The fraction of sp³-hybridized carbons (Fsp3) is 0.200. The van der Waals surface area contributed by atoms with Gasteiger partial charge in [0.25, 0.3) is 11.6 Å². The summed E-state index contributed by atoms with van der Waals surface area (Å²) in [4.78, 5) is 45.0. The Labute approximate surface area is 210 Å². The van der Waals surface area contributed by atoms with Gasteiger partial charge in [-0.05, 0) is 41.8 Å². The van der Waals surface area contributed by atoms with Gasteiger partial charge in [-0.1, -0.05) is 60.5 Å². The number of amides is 2. The topological polar surface area (TPSA) is 93.0 Å². The maximum absolute atomic E-state index is 13.7. The van der Waals surface area contributed by atoms with Gasteiger partial charge in [-0.15, -0.1) is 0 Å². The summed E-state index contributed by atoms with van der Waals surface area (Å²) in [7, 11) is 0. The SMILES string of the molecule is CCc1ccc([C@@H]2[C@H]3C(=O)N(c4ccc(Cl)c(Cl)c4)C(=O)[C@@H]3ON2c2cccc([N+](=O)[O-])c2)cc1. The molecule has 2 aliphatic rings. The second kappa shape index (κ2) is 8.96. The number of hydrogen-bond acceptors (Lipinski definition) is 6. The number of imide groups is 1. The average molecular weight is 512 g/mol. The maximum Gasteiger partial charge on any atom is 0.271 e. The molecule has 0 aromatic heterocycles. The molecule has 178 valence electrons. The molecule has 0 aliphatic carbocycles. The number of hydrogen-bond donors (Lipinski definition) is 0. The van der Waals surface area contributed by atoms with Crippen LogP contribution in [0.25, 0.3) is 0 Å². The first-order chi connectivity index (χ1) is 16.8. The highest BCUT2D eigenvalue weighted by molar-refractivity contribution is 6.42. The predicted molar refractivity (Wildman–Crippen MR) is 131 cm³/mol. The van der Waals surface area contributed by atoms with Crippen molar-refractivity contribution < 1.29 is 19.3 Å². The number of nitrogens with zero attached hydrogens (tertiary/aromatic N) is 3. The van der Waals surface area contributed by atoms with Crippen LogP contribution in [0.3, 0.4) is 0 Å². The molecule has 0 bridgehead atoms. The van der Waals surface area contributed by atoms with Crippen LogP contribution in [0.5, 0.6) is 0 Å². The van der Waals surface area contributed by atoms with E-state index in [2.05, 4.69) is 0 Å². The standard InChI is InChI=1S/C25H19Cl2N3O5/c1-2-14-6-8-15(9-7-14)22-21-23(35-29(22)17-4-3-5-18(12-17)30(33)34)25(32)28(24(21)31)16-10-11-19(26)20(27)13-16/h3-13,21-23H,2H2,1H3/t21-,22-,23-/m1/s1. The highest BCUT2D eigenvalue weighted by Gasteiger charge is 2.60. The lowest BCUT2D eigenvalue weighted by Gasteiger charge is -2.28. The largest absolute Gasteiger partial charge is 0.273 e. The number of aryl methyl sites for hydroxylation is 1. The molecule has 10 heteroatoms. The van der Waals surface area contributed by atoms with Gasteiger partial charge in [-0.25, -0.2) is 9.96 Å². The monoisotopic (exact) mass is 511 g/mol. The maximum atomic E-state index is 13.7. The Kier molecular flexibility index (Phi) is 5.96. The third-order valence-corrected chi connectivity index (χ3v) is 7.04. The zero-order valence-electron chi connectivity index (χ0n) is 18.4. The lowest BCUT2D eigenvalue weighted by molar-refractivity contribution is -0.384. The van der Waals surface area contributed by atoms with Crippen LogP contribution in [0, 0.1) is 16.0 Å². The molecule has 5 rings (SSSR count). The number of fused-ring (bicyclic) bond motifs is 1. The Morgan fingerprint density at radius 3 is 2.34 bits per heavy atom. The molecule has 8 nitrogen and oxygen atoms in total. The summed E-state index contributed by atoms with van der Waals surface area (Å²) in [6, 6.07) is 17.4.